The highest BCUT2D eigenvalue weighted by Gasteiger charge is 2.35. The van der Waals surface area contributed by atoms with E-state index in [4.69, 9.17) is 14.9 Å². The zero-order chi connectivity index (χ0) is 24.1. The minimum absolute atomic E-state index is 0.0537. The van der Waals surface area contributed by atoms with Gasteiger partial charge in [-0.25, -0.2) is 0 Å². The summed E-state index contributed by atoms with van der Waals surface area (Å²) in [5.74, 6) is 1.24. The molecule has 0 atom stereocenters. The molecule has 2 aromatic carbocycles. The third-order valence-electron chi connectivity index (χ3n) is 5.44. The van der Waals surface area contributed by atoms with Gasteiger partial charge in [0.1, 0.15) is 29.8 Å². The van der Waals surface area contributed by atoms with E-state index in [-0.39, 0.29) is 11.4 Å². The van der Waals surface area contributed by atoms with E-state index in [0.717, 1.165) is 46.7 Å². The lowest BCUT2D eigenvalue weighted by molar-refractivity contribution is -0.114. The van der Waals surface area contributed by atoms with Crippen molar-refractivity contribution in [3.05, 3.63) is 64.7 Å². The van der Waals surface area contributed by atoms with Crippen LogP contribution in [0.15, 0.2) is 58.1 Å². The van der Waals surface area contributed by atoms with Gasteiger partial charge in [0, 0.05) is 0 Å². The topological polar surface area (TPSA) is 87.3 Å². The summed E-state index contributed by atoms with van der Waals surface area (Å²) in [6.07, 6.45) is 4.58. The number of aryl methyl sites for hydroxylation is 2. The Morgan fingerprint density at radius 1 is 1.06 bits per heavy atom. The fraction of sp³-hybridized carbons (Fsp3) is 0.308. The molecule has 2 aliphatic heterocycles. The van der Waals surface area contributed by atoms with Crippen LogP contribution in [-0.2, 0) is 4.79 Å². The highest BCUT2D eigenvalue weighted by molar-refractivity contribution is 8.26. The van der Waals surface area contributed by atoms with Crippen LogP contribution in [0.3, 0.4) is 0 Å². The Labute approximate surface area is 204 Å². The molecule has 0 saturated heterocycles. The number of unbranched alkanes of at least 4 members (excludes halogenated alkanes) is 1. The first-order valence-electron chi connectivity index (χ1n) is 11.4. The summed E-state index contributed by atoms with van der Waals surface area (Å²) in [5.41, 5.74) is 3.22. The number of amidine groups is 2. The number of benzene rings is 2. The number of para-hydroxylation sites is 1. The number of ether oxygens (including phenoxy) is 2. The van der Waals surface area contributed by atoms with Crippen molar-refractivity contribution in [2.24, 2.45) is 10.1 Å². The maximum atomic E-state index is 12.6. The molecule has 0 radical (unpaired) electrons. The molecular weight excluding hydrogens is 448 g/mol. The Bertz CT molecular complexity index is 1160. The van der Waals surface area contributed by atoms with Crippen molar-refractivity contribution in [1.82, 2.24) is 5.01 Å². The Kier molecular flexibility index (Phi) is 7.47. The summed E-state index contributed by atoms with van der Waals surface area (Å²) in [6, 6.07) is 13.4. The number of amides is 1. The van der Waals surface area contributed by atoms with E-state index in [2.05, 4.69) is 17.0 Å². The summed E-state index contributed by atoms with van der Waals surface area (Å²) in [5, 5.41) is 15.8. The molecule has 0 saturated carbocycles. The number of carbonyl (C=O) groups is 1. The minimum atomic E-state index is -0.417. The minimum Gasteiger partial charge on any atom is -0.490 e. The van der Waals surface area contributed by atoms with Crippen LogP contribution in [0, 0.1) is 19.3 Å². The Morgan fingerprint density at radius 2 is 1.76 bits per heavy atom. The highest BCUT2D eigenvalue weighted by Crippen LogP contribution is 2.30. The maximum Gasteiger partial charge on any atom is 0.283 e. The summed E-state index contributed by atoms with van der Waals surface area (Å²) >= 11 is 1.37. The van der Waals surface area contributed by atoms with Gasteiger partial charge in [-0.15, -0.1) is 0 Å². The van der Waals surface area contributed by atoms with Crippen LogP contribution in [0.5, 0.6) is 11.5 Å². The molecule has 0 spiro atoms. The molecule has 0 fully saturated rings. The Morgan fingerprint density at radius 3 is 2.47 bits per heavy atom. The number of hydrazone groups is 1. The quantitative estimate of drug-likeness (QED) is 0.378. The Balaban J connectivity index is 1.35. The number of carbonyl (C=O) groups excluding carboxylic acids is 1. The van der Waals surface area contributed by atoms with E-state index in [1.165, 1.54) is 16.8 Å². The van der Waals surface area contributed by atoms with Crippen molar-refractivity contribution >= 4 is 39.8 Å². The first-order valence-corrected chi connectivity index (χ1v) is 12.2. The molecule has 1 amide bonds. The molecule has 0 aliphatic carbocycles. The normalized spacial score (nSPS) is 16.4. The van der Waals surface area contributed by atoms with Crippen LogP contribution in [0.25, 0.3) is 6.08 Å². The van der Waals surface area contributed by atoms with Crippen LogP contribution < -0.4 is 9.47 Å². The van der Waals surface area contributed by atoms with Gasteiger partial charge in [0.25, 0.3) is 5.91 Å². The average molecular weight is 477 g/mol. The van der Waals surface area contributed by atoms with Crippen molar-refractivity contribution in [3.63, 3.8) is 0 Å². The van der Waals surface area contributed by atoms with Gasteiger partial charge in [0.2, 0.25) is 5.17 Å². The second-order valence-electron chi connectivity index (χ2n) is 8.10. The number of fused-ring (bicyclic) bond motifs is 1. The van der Waals surface area contributed by atoms with Gasteiger partial charge in [-0.3, -0.25) is 10.2 Å². The van der Waals surface area contributed by atoms with Gasteiger partial charge in [-0.05, 0) is 73.4 Å². The lowest BCUT2D eigenvalue weighted by atomic mass is 10.1. The fourth-order valence-corrected chi connectivity index (χ4v) is 4.54. The summed E-state index contributed by atoms with van der Waals surface area (Å²) in [6.45, 7) is 7.03. The van der Waals surface area contributed by atoms with E-state index in [0.29, 0.717) is 24.1 Å². The van der Waals surface area contributed by atoms with Gasteiger partial charge in [-0.2, -0.15) is 15.1 Å². The summed E-state index contributed by atoms with van der Waals surface area (Å²) < 4.78 is 11.7. The molecule has 2 heterocycles. The smallest absolute Gasteiger partial charge is 0.283 e. The Hall–Kier alpha value is -3.39. The van der Waals surface area contributed by atoms with Gasteiger partial charge in [0.05, 0.1) is 5.57 Å². The first-order chi connectivity index (χ1) is 16.5. The van der Waals surface area contributed by atoms with Crippen LogP contribution in [-0.4, -0.2) is 40.2 Å². The predicted molar refractivity (Wildman–Crippen MR) is 138 cm³/mol. The molecule has 2 aliphatic rings. The van der Waals surface area contributed by atoms with E-state index >= 15 is 0 Å². The zero-order valence-corrected chi connectivity index (χ0v) is 20.4. The number of rotatable bonds is 9. The van der Waals surface area contributed by atoms with Crippen LogP contribution >= 0.6 is 11.8 Å². The fourth-order valence-electron chi connectivity index (χ4n) is 3.62. The van der Waals surface area contributed by atoms with E-state index < -0.39 is 5.91 Å². The monoisotopic (exact) mass is 476 g/mol. The van der Waals surface area contributed by atoms with Gasteiger partial charge in [-0.1, -0.05) is 43.7 Å². The van der Waals surface area contributed by atoms with Crippen molar-refractivity contribution in [1.29, 1.82) is 5.41 Å². The molecule has 2 aromatic rings. The van der Waals surface area contributed by atoms with Crippen LogP contribution in [0.4, 0.5) is 0 Å². The highest BCUT2D eigenvalue weighted by atomic mass is 32.2. The lowest BCUT2D eigenvalue weighted by Gasteiger charge is -2.20. The van der Waals surface area contributed by atoms with Crippen molar-refractivity contribution in [3.8, 4) is 11.5 Å². The molecule has 1 N–H and O–H groups in total. The van der Waals surface area contributed by atoms with E-state index in [1.54, 1.807) is 6.08 Å². The van der Waals surface area contributed by atoms with Gasteiger partial charge < -0.3 is 9.47 Å². The first kappa shape index (κ1) is 23.8. The van der Waals surface area contributed by atoms with Crippen LogP contribution in [0.2, 0.25) is 0 Å². The van der Waals surface area contributed by atoms with Crippen molar-refractivity contribution in [2.45, 2.75) is 40.0 Å². The second kappa shape index (κ2) is 10.7. The maximum absolute atomic E-state index is 12.6. The largest absolute Gasteiger partial charge is 0.490 e. The number of thioether (sulfide) groups is 1. The number of nitrogens with one attached hydrogen (secondary N) is 1. The summed E-state index contributed by atoms with van der Waals surface area (Å²) in [4.78, 5) is 16.7. The van der Waals surface area contributed by atoms with Gasteiger partial charge >= 0.3 is 0 Å². The van der Waals surface area contributed by atoms with E-state index in [9.17, 15) is 4.79 Å². The van der Waals surface area contributed by atoms with E-state index in [1.807, 2.05) is 56.3 Å². The number of hydrogen-bond acceptors (Lipinski definition) is 6. The molecule has 7 nitrogen and oxygen atoms in total. The molecule has 4 rings (SSSR count). The van der Waals surface area contributed by atoms with Crippen LogP contribution in [0.1, 0.15) is 42.9 Å². The molecule has 176 valence electrons. The second-order valence-corrected chi connectivity index (χ2v) is 9.14. The number of aliphatic imine (C=N–C) groups is 1. The van der Waals surface area contributed by atoms with Gasteiger partial charge in [0.15, 0.2) is 5.84 Å². The number of hydrogen-bond donors (Lipinski definition) is 1. The average Bonchev–Trinajstić information content (AvgIpc) is 3.23. The lowest BCUT2D eigenvalue weighted by Crippen LogP contribution is -2.35. The summed E-state index contributed by atoms with van der Waals surface area (Å²) in [7, 11) is 0. The number of nitrogens with zero attached hydrogens (tertiary/aromatic N) is 3. The standard InChI is InChI=1S/C26H28N4O3S/c1-4-5-9-22-29-30-24(27)21(25(31)28-26(30)34-22)16-19-10-12-20(13-11-19)32-14-15-33-23-17(2)7-6-8-18(23)3/h6-8,10-13,16,27H,4-5,9,14-15H2,1-3H3/b21-16-,27-24?. The SMILES string of the molecule is CCCCC1=NN2C(=N)/C(=C/c3ccc(OCCOc4c(C)cccc4C)cc3)C(=O)N=C2S1. The zero-order valence-electron chi connectivity index (χ0n) is 19.6. The molecule has 0 unspecified atom stereocenters. The third kappa shape index (κ3) is 5.39. The molecule has 0 bridgehead atoms. The van der Waals surface area contributed by atoms with Crippen molar-refractivity contribution < 1.29 is 14.3 Å². The molecule has 8 heteroatoms. The van der Waals surface area contributed by atoms with Crippen molar-refractivity contribution in [2.75, 3.05) is 13.2 Å². The predicted octanol–water partition coefficient (Wildman–Crippen LogP) is 5.57. The molecule has 34 heavy (non-hydrogen) atoms. The molecule has 0 aromatic heterocycles. The third-order valence-corrected chi connectivity index (χ3v) is 6.41. The molecular formula is C26H28N4O3S.